The second kappa shape index (κ2) is 8.76. The third-order valence-electron chi connectivity index (χ3n) is 6.02. The fraction of sp³-hybridized carbons (Fsp3) is 0.591. The molecule has 2 aliphatic carbocycles. The normalized spacial score (nSPS) is 23.8. The van der Waals surface area contributed by atoms with Crippen molar-refractivity contribution in [3.05, 3.63) is 29.8 Å². The van der Waals surface area contributed by atoms with Crippen LogP contribution in [0, 0.1) is 17.8 Å². The van der Waals surface area contributed by atoms with Crippen LogP contribution in [0.1, 0.15) is 37.7 Å². The minimum atomic E-state index is -0.332. The van der Waals surface area contributed by atoms with Gasteiger partial charge < -0.3 is 14.5 Å². The van der Waals surface area contributed by atoms with E-state index in [9.17, 15) is 14.4 Å². The van der Waals surface area contributed by atoms with Gasteiger partial charge in [0, 0.05) is 45.2 Å². The molecule has 2 saturated carbocycles. The van der Waals surface area contributed by atoms with E-state index in [1.54, 1.807) is 11.9 Å². The van der Waals surface area contributed by atoms with E-state index in [0.717, 1.165) is 30.5 Å². The molecule has 3 atom stereocenters. The molecule has 1 aromatic carbocycles. The van der Waals surface area contributed by atoms with Crippen molar-refractivity contribution in [2.45, 2.75) is 38.6 Å². The minimum absolute atomic E-state index is 0.00793. The van der Waals surface area contributed by atoms with Gasteiger partial charge in [0.2, 0.25) is 0 Å². The molecular formula is C22H30N2O4. The molecular weight excluding hydrogens is 356 g/mol. The van der Waals surface area contributed by atoms with Gasteiger partial charge in [-0.2, -0.15) is 0 Å². The molecule has 6 heteroatoms. The fourth-order valence-electron chi connectivity index (χ4n) is 4.29. The van der Waals surface area contributed by atoms with E-state index in [1.165, 1.54) is 0 Å². The Kier molecular flexibility index (Phi) is 6.37. The maximum atomic E-state index is 12.4. The van der Waals surface area contributed by atoms with E-state index < -0.39 is 0 Å². The van der Waals surface area contributed by atoms with Gasteiger partial charge in [-0.3, -0.25) is 14.4 Å². The summed E-state index contributed by atoms with van der Waals surface area (Å²) in [5.74, 6) is -0.461. The van der Waals surface area contributed by atoms with Crippen LogP contribution in [-0.2, 0) is 25.7 Å². The predicted molar refractivity (Wildman–Crippen MR) is 107 cm³/mol. The van der Waals surface area contributed by atoms with E-state index >= 15 is 0 Å². The zero-order chi connectivity index (χ0) is 20.3. The first-order valence-corrected chi connectivity index (χ1v) is 10.1. The standard InChI is InChI=1S/C22H30N2O4/c1-23(2)19-9-7-15(8-10-19)13-24(3)20(25)14-28-22(27)18-11-16-5-4-6-17(12-18)21(16)26/h7-10,16-18H,4-6,11-14H2,1-3H3/t16-,17+,18?. The van der Waals surface area contributed by atoms with Gasteiger partial charge in [-0.25, -0.2) is 0 Å². The Balaban J connectivity index is 1.46. The van der Waals surface area contributed by atoms with Crippen molar-refractivity contribution in [3.8, 4) is 0 Å². The van der Waals surface area contributed by atoms with Crippen LogP contribution in [0.4, 0.5) is 5.69 Å². The highest BCUT2D eigenvalue weighted by Crippen LogP contribution is 2.40. The van der Waals surface area contributed by atoms with Crippen LogP contribution in [0.25, 0.3) is 0 Å². The van der Waals surface area contributed by atoms with Crippen LogP contribution in [-0.4, -0.2) is 50.3 Å². The molecule has 152 valence electrons. The monoisotopic (exact) mass is 386 g/mol. The van der Waals surface area contributed by atoms with Crippen molar-refractivity contribution in [2.75, 3.05) is 32.6 Å². The number of ketones is 1. The lowest BCUT2D eigenvalue weighted by Gasteiger charge is -2.36. The van der Waals surface area contributed by atoms with Gasteiger partial charge in [-0.1, -0.05) is 18.6 Å². The number of amides is 1. The molecule has 0 heterocycles. The van der Waals surface area contributed by atoms with Crippen molar-refractivity contribution in [2.24, 2.45) is 17.8 Å². The number of hydrogen-bond donors (Lipinski definition) is 0. The number of rotatable bonds is 6. The summed E-state index contributed by atoms with van der Waals surface area (Å²) in [6.07, 6.45) is 4.00. The lowest BCUT2D eigenvalue weighted by atomic mass is 9.67. The first kappa shape index (κ1) is 20.4. The third-order valence-corrected chi connectivity index (χ3v) is 6.02. The van der Waals surface area contributed by atoms with Crippen LogP contribution < -0.4 is 4.90 Å². The molecule has 0 saturated heterocycles. The van der Waals surface area contributed by atoms with E-state index in [2.05, 4.69) is 0 Å². The first-order chi connectivity index (χ1) is 13.3. The highest BCUT2D eigenvalue weighted by Gasteiger charge is 2.41. The largest absolute Gasteiger partial charge is 0.455 e. The highest BCUT2D eigenvalue weighted by atomic mass is 16.5. The molecule has 0 aliphatic heterocycles. The quantitative estimate of drug-likeness (QED) is 0.703. The lowest BCUT2D eigenvalue weighted by molar-refractivity contribution is -0.158. The molecule has 2 fully saturated rings. The molecule has 0 spiro atoms. The molecule has 0 radical (unpaired) electrons. The second-order valence-electron chi connectivity index (χ2n) is 8.31. The minimum Gasteiger partial charge on any atom is -0.455 e. The lowest BCUT2D eigenvalue weighted by Crippen LogP contribution is -2.40. The molecule has 0 aromatic heterocycles. The fourth-order valence-corrected chi connectivity index (χ4v) is 4.29. The van der Waals surface area contributed by atoms with Gasteiger partial charge in [-0.15, -0.1) is 0 Å². The zero-order valence-electron chi connectivity index (χ0n) is 17.0. The SMILES string of the molecule is CN(Cc1ccc(N(C)C)cc1)C(=O)COC(=O)C1C[C@H]2CCC[C@@H](C1)C2=O. The number of ether oxygens (including phenoxy) is 1. The van der Waals surface area contributed by atoms with E-state index in [4.69, 9.17) is 4.74 Å². The first-order valence-electron chi connectivity index (χ1n) is 10.1. The third kappa shape index (κ3) is 4.72. The summed E-state index contributed by atoms with van der Waals surface area (Å²) in [6.45, 7) is 0.219. The summed E-state index contributed by atoms with van der Waals surface area (Å²) >= 11 is 0. The van der Waals surface area contributed by atoms with Gasteiger partial charge in [0.25, 0.3) is 5.91 Å². The van der Waals surface area contributed by atoms with E-state index in [-0.39, 0.29) is 36.2 Å². The Morgan fingerprint density at radius 1 is 1.04 bits per heavy atom. The maximum absolute atomic E-state index is 12.4. The second-order valence-corrected chi connectivity index (χ2v) is 8.31. The summed E-state index contributed by atoms with van der Waals surface area (Å²) in [7, 11) is 5.67. The van der Waals surface area contributed by atoms with E-state index in [0.29, 0.717) is 25.2 Å². The Hall–Kier alpha value is -2.37. The average Bonchev–Trinajstić information content (AvgIpc) is 2.66. The summed E-state index contributed by atoms with van der Waals surface area (Å²) < 4.78 is 5.31. The van der Waals surface area contributed by atoms with Crippen LogP contribution >= 0.6 is 0 Å². The van der Waals surface area contributed by atoms with Gasteiger partial charge in [0.15, 0.2) is 6.61 Å². The zero-order valence-corrected chi connectivity index (χ0v) is 17.0. The number of hydrogen-bond acceptors (Lipinski definition) is 5. The Labute approximate surface area is 166 Å². The van der Waals surface area contributed by atoms with Crippen LogP contribution in [0.3, 0.4) is 0 Å². The summed E-state index contributed by atoms with van der Waals surface area (Å²) in [6, 6.07) is 8.00. The van der Waals surface area contributed by atoms with Crippen molar-refractivity contribution in [1.82, 2.24) is 4.90 Å². The van der Waals surface area contributed by atoms with Gasteiger partial charge in [0.1, 0.15) is 5.78 Å². The topological polar surface area (TPSA) is 66.9 Å². The molecule has 1 aromatic rings. The van der Waals surface area contributed by atoms with Gasteiger partial charge >= 0.3 is 5.97 Å². The Morgan fingerprint density at radius 2 is 1.64 bits per heavy atom. The Bertz CT molecular complexity index is 713. The van der Waals surface area contributed by atoms with Crippen molar-refractivity contribution < 1.29 is 19.1 Å². The Morgan fingerprint density at radius 3 is 2.21 bits per heavy atom. The van der Waals surface area contributed by atoms with Crippen LogP contribution in [0.5, 0.6) is 0 Å². The van der Waals surface area contributed by atoms with Gasteiger partial charge in [0.05, 0.1) is 5.92 Å². The summed E-state index contributed by atoms with van der Waals surface area (Å²) in [5, 5.41) is 0. The summed E-state index contributed by atoms with van der Waals surface area (Å²) in [4.78, 5) is 40.5. The predicted octanol–water partition coefficient (Wildman–Crippen LogP) is 2.65. The van der Waals surface area contributed by atoms with Crippen molar-refractivity contribution in [1.29, 1.82) is 0 Å². The molecule has 1 amide bonds. The molecule has 2 aliphatic rings. The number of benzene rings is 1. The smallest absolute Gasteiger partial charge is 0.309 e. The van der Waals surface area contributed by atoms with Gasteiger partial charge in [-0.05, 0) is 43.4 Å². The summed E-state index contributed by atoms with van der Waals surface area (Å²) in [5.41, 5.74) is 2.12. The number of carbonyl (C=O) groups excluding carboxylic acids is 3. The molecule has 0 N–H and O–H groups in total. The number of fused-ring (bicyclic) bond motifs is 2. The molecule has 2 bridgehead atoms. The molecule has 1 unspecified atom stereocenters. The van der Waals surface area contributed by atoms with E-state index in [1.807, 2.05) is 43.3 Å². The number of nitrogens with zero attached hydrogens (tertiary/aromatic N) is 2. The number of likely N-dealkylation sites (N-methyl/N-ethyl adjacent to an activating group) is 1. The number of esters is 1. The molecule has 28 heavy (non-hydrogen) atoms. The highest BCUT2D eigenvalue weighted by molar-refractivity contribution is 5.88. The molecule has 6 nitrogen and oxygen atoms in total. The van der Waals surface area contributed by atoms with Crippen molar-refractivity contribution in [3.63, 3.8) is 0 Å². The number of carbonyl (C=O) groups is 3. The maximum Gasteiger partial charge on any atom is 0.309 e. The van der Waals surface area contributed by atoms with Crippen molar-refractivity contribution >= 4 is 23.3 Å². The average molecular weight is 386 g/mol. The number of anilines is 1. The molecule has 3 rings (SSSR count). The number of Topliss-reactive ketones (excluding diaryl/α,β-unsaturated/α-hetero) is 1. The van der Waals surface area contributed by atoms with Crippen LogP contribution in [0.15, 0.2) is 24.3 Å². The van der Waals surface area contributed by atoms with Crippen LogP contribution in [0.2, 0.25) is 0 Å².